The maximum absolute atomic E-state index is 11.2. The monoisotopic (exact) mass is 204 g/mol. The van der Waals surface area contributed by atoms with Gasteiger partial charge in [-0.3, -0.25) is 4.79 Å². The normalized spacial score (nSPS) is 11.6. The number of rotatable bonds is 7. The highest BCUT2D eigenvalue weighted by Gasteiger charge is 2.36. The Hall–Kier alpha value is -0.180. The second-order valence-electron chi connectivity index (χ2n) is 3.23. The van der Waals surface area contributed by atoms with Crippen LogP contribution >= 0.6 is 11.8 Å². The molecule has 78 valence electrons. The molecule has 0 aliphatic heterocycles. The second-order valence-corrected chi connectivity index (χ2v) is 4.88. The Kier molecular flexibility index (Phi) is 6.21. The first-order chi connectivity index (χ1) is 6.13. The van der Waals surface area contributed by atoms with Gasteiger partial charge in [-0.25, -0.2) is 0 Å². The third-order valence-electron chi connectivity index (χ3n) is 2.12. The van der Waals surface area contributed by atoms with Crippen molar-refractivity contribution in [1.29, 1.82) is 0 Å². The van der Waals surface area contributed by atoms with Crippen LogP contribution in [-0.2, 0) is 4.79 Å². The maximum Gasteiger partial charge on any atom is 0.319 e. The first-order valence-corrected chi connectivity index (χ1v) is 5.98. The molecular weight excluding hydrogens is 184 g/mol. The molecule has 0 aliphatic carbocycles. The Morgan fingerprint density at radius 1 is 1.23 bits per heavy atom. The van der Waals surface area contributed by atoms with E-state index in [-0.39, 0.29) is 0 Å². The quantitative estimate of drug-likeness (QED) is 0.692. The number of hydrogen-bond acceptors (Lipinski definition) is 2. The fourth-order valence-corrected chi connectivity index (χ4v) is 3.00. The summed E-state index contributed by atoms with van der Waals surface area (Å²) < 4.78 is -0.516. The lowest BCUT2D eigenvalue weighted by Gasteiger charge is -2.27. The summed E-state index contributed by atoms with van der Waals surface area (Å²) in [6, 6.07) is 0. The molecule has 3 heteroatoms. The molecule has 0 radical (unpaired) electrons. The van der Waals surface area contributed by atoms with E-state index in [0.29, 0.717) is 0 Å². The summed E-state index contributed by atoms with van der Waals surface area (Å²) in [5.41, 5.74) is 0. The van der Waals surface area contributed by atoms with Gasteiger partial charge >= 0.3 is 5.97 Å². The molecule has 0 amide bonds. The van der Waals surface area contributed by atoms with E-state index in [1.165, 1.54) is 0 Å². The number of carboxylic acids is 1. The van der Waals surface area contributed by atoms with Gasteiger partial charge in [-0.2, -0.15) is 0 Å². The molecule has 0 rings (SSSR count). The van der Waals surface area contributed by atoms with Crippen LogP contribution in [0.4, 0.5) is 0 Å². The molecule has 0 saturated heterocycles. The lowest BCUT2D eigenvalue weighted by molar-refractivity contribution is -0.140. The maximum atomic E-state index is 11.2. The van der Waals surface area contributed by atoms with E-state index < -0.39 is 10.7 Å². The van der Waals surface area contributed by atoms with Gasteiger partial charge in [0.2, 0.25) is 0 Å². The van der Waals surface area contributed by atoms with Gasteiger partial charge in [0, 0.05) is 0 Å². The zero-order valence-electron chi connectivity index (χ0n) is 8.80. The highest BCUT2D eigenvalue weighted by molar-refractivity contribution is 8.01. The van der Waals surface area contributed by atoms with Gasteiger partial charge in [0.1, 0.15) is 4.75 Å². The van der Waals surface area contributed by atoms with E-state index in [9.17, 15) is 9.90 Å². The molecular formula is C10H20O2S. The van der Waals surface area contributed by atoms with Crippen LogP contribution in [0.1, 0.15) is 46.5 Å². The van der Waals surface area contributed by atoms with Crippen LogP contribution in [0.2, 0.25) is 0 Å². The average Bonchev–Trinajstić information content (AvgIpc) is 2.05. The van der Waals surface area contributed by atoms with Crippen LogP contribution in [-0.4, -0.2) is 21.6 Å². The Labute approximate surface area is 85.1 Å². The summed E-state index contributed by atoms with van der Waals surface area (Å²) in [6.45, 7) is 6.11. The highest BCUT2D eigenvalue weighted by atomic mass is 32.2. The molecule has 0 atom stereocenters. The first kappa shape index (κ1) is 12.8. The molecule has 0 saturated carbocycles. The Morgan fingerprint density at radius 3 is 1.92 bits per heavy atom. The van der Waals surface area contributed by atoms with Crippen LogP contribution in [0.3, 0.4) is 0 Å². The summed E-state index contributed by atoms with van der Waals surface area (Å²) in [7, 11) is 0. The van der Waals surface area contributed by atoms with Crippen molar-refractivity contribution >= 4 is 17.7 Å². The van der Waals surface area contributed by atoms with Crippen molar-refractivity contribution in [3.8, 4) is 0 Å². The molecule has 0 unspecified atom stereocenters. The van der Waals surface area contributed by atoms with Gasteiger partial charge in [-0.1, -0.05) is 33.6 Å². The van der Waals surface area contributed by atoms with E-state index in [1.807, 2.05) is 20.8 Å². The average molecular weight is 204 g/mol. The number of carbonyl (C=O) groups is 1. The molecule has 2 nitrogen and oxygen atoms in total. The van der Waals surface area contributed by atoms with Crippen LogP contribution in [0.15, 0.2) is 0 Å². The predicted octanol–water partition coefficient (Wildman–Crippen LogP) is 3.16. The minimum atomic E-state index is -0.636. The minimum absolute atomic E-state index is 0.516. The van der Waals surface area contributed by atoms with Crippen molar-refractivity contribution in [2.75, 3.05) is 5.75 Å². The molecule has 0 heterocycles. The van der Waals surface area contributed by atoms with E-state index in [1.54, 1.807) is 11.8 Å². The lowest BCUT2D eigenvalue weighted by atomic mass is 9.97. The SMILES string of the molecule is CCCC(CCC)(SCC)C(=O)O. The summed E-state index contributed by atoms with van der Waals surface area (Å²) in [4.78, 5) is 11.2. The van der Waals surface area contributed by atoms with Gasteiger partial charge in [0.05, 0.1) is 0 Å². The zero-order valence-corrected chi connectivity index (χ0v) is 9.62. The van der Waals surface area contributed by atoms with E-state index in [0.717, 1.165) is 31.4 Å². The van der Waals surface area contributed by atoms with Crippen molar-refractivity contribution in [3.05, 3.63) is 0 Å². The number of thioether (sulfide) groups is 1. The summed E-state index contributed by atoms with van der Waals surface area (Å²) in [5.74, 6) is 0.245. The van der Waals surface area contributed by atoms with Crippen molar-refractivity contribution in [2.24, 2.45) is 0 Å². The molecule has 1 N–H and O–H groups in total. The predicted molar refractivity (Wildman–Crippen MR) is 58.3 cm³/mol. The highest BCUT2D eigenvalue weighted by Crippen LogP contribution is 2.35. The Morgan fingerprint density at radius 2 is 1.69 bits per heavy atom. The molecule has 0 aromatic carbocycles. The number of aliphatic carboxylic acids is 1. The zero-order chi connectivity index (χ0) is 10.3. The third-order valence-corrected chi connectivity index (χ3v) is 3.54. The van der Waals surface area contributed by atoms with Gasteiger partial charge in [0.25, 0.3) is 0 Å². The molecule has 0 aromatic rings. The molecule has 13 heavy (non-hydrogen) atoms. The fourth-order valence-electron chi connectivity index (χ4n) is 1.63. The summed E-state index contributed by atoms with van der Waals surface area (Å²) >= 11 is 1.58. The first-order valence-electron chi connectivity index (χ1n) is 5.00. The standard InChI is InChI=1S/C10H20O2S/c1-4-7-10(8-5-2,9(11)12)13-6-3/h4-8H2,1-3H3,(H,11,12). The molecule has 0 spiro atoms. The second kappa shape index (κ2) is 6.30. The third kappa shape index (κ3) is 3.59. The van der Waals surface area contributed by atoms with Crippen molar-refractivity contribution < 1.29 is 9.90 Å². The molecule has 0 aromatic heterocycles. The van der Waals surface area contributed by atoms with Crippen LogP contribution in [0.5, 0.6) is 0 Å². The van der Waals surface area contributed by atoms with Crippen LogP contribution in [0, 0.1) is 0 Å². The fraction of sp³-hybridized carbons (Fsp3) is 0.900. The van der Waals surface area contributed by atoms with Crippen molar-refractivity contribution in [2.45, 2.75) is 51.2 Å². The Bertz CT molecular complexity index is 140. The largest absolute Gasteiger partial charge is 0.480 e. The van der Waals surface area contributed by atoms with E-state index in [2.05, 4.69) is 0 Å². The summed E-state index contributed by atoms with van der Waals surface area (Å²) in [5, 5.41) is 9.20. The van der Waals surface area contributed by atoms with Gasteiger partial charge in [0.15, 0.2) is 0 Å². The van der Waals surface area contributed by atoms with Crippen molar-refractivity contribution in [1.82, 2.24) is 0 Å². The smallest absolute Gasteiger partial charge is 0.319 e. The topological polar surface area (TPSA) is 37.3 Å². The summed E-state index contributed by atoms with van der Waals surface area (Å²) in [6.07, 6.45) is 3.46. The van der Waals surface area contributed by atoms with Gasteiger partial charge in [-0.05, 0) is 18.6 Å². The minimum Gasteiger partial charge on any atom is -0.480 e. The lowest BCUT2D eigenvalue weighted by Crippen LogP contribution is -2.35. The van der Waals surface area contributed by atoms with Crippen LogP contribution in [0.25, 0.3) is 0 Å². The van der Waals surface area contributed by atoms with Gasteiger partial charge < -0.3 is 5.11 Å². The number of hydrogen-bond donors (Lipinski definition) is 1. The van der Waals surface area contributed by atoms with Crippen LogP contribution < -0.4 is 0 Å². The molecule has 0 aliphatic rings. The van der Waals surface area contributed by atoms with Crippen molar-refractivity contribution in [3.63, 3.8) is 0 Å². The van der Waals surface area contributed by atoms with E-state index in [4.69, 9.17) is 0 Å². The Balaban J connectivity index is 4.48. The van der Waals surface area contributed by atoms with E-state index >= 15 is 0 Å². The van der Waals surface area contributed by atoms with Gasteiger partial charge in [-0.15, -0.1) is 11.8 Å². The molecule has 0 fully saturated rings. The number of carboxylic acid groups (broad SMARTS) is 1. The molecule has 0 bridgehead atoms.